The molecule has 0 saturated carbocycles. The van der Waals surface area contributed by atoms with Crippen molar-refractivity contribution in [3.63, 3.8) is 0 Å². The van der Waals surface area contributed by atoms with Crippen molar-refractivity contribution in [3.8, 4) is 0 Å². The van der Waals surface area contributed by atoms with Crippen molar-refractivity contribution in [2.24, 2.45) is 0 Å². The molecule has 0 aliphatic heterocycles. The summed E-state index contributed by atoms with van der Waals surface area (Å²) >= 11 is 5.24. The standard InChI is InChI=1S/C19H18FN3O2S/c1-22(12-13-5-4-6-14(20)11-13)17(24)9-10-23-18(25)15-7-2-3-8-16(15)21-19(23)26/h2-8,11H,9-10,12H2,1H3,(H,21,26). The zero-order chi connectivity index (χ0) is 18.7. The van der Waals surface area contributed by atoms with E-state index in [1.807, 2.05) is 6.07 Å². The van der Waals surface area contributed by atoms with Crippen LogP contribution in [0.1, 0.15) is 12.0 Å². The highest BCUT2D eigenvalue weighted by Gasteiger charge is 2.12. The molecule has 1 amide bonds. The van der Waals surface area contributed by atoms with E-state index in [-0.39, 0.29) is 35.0 Å². The van der Waals surface area contributed by atoms with Crippen molar-refractivity contribution in [1.29, 1.82) is 0 Å². The van der Waals surface area contributed by atoms with Crippen molar-refractivity contribution in [2.75, 3.05) is 7.05 Å². The Hall–Kier alpha value is -2.80. The summed E-state index contributed by atoms with van der Waals surface area (Å²) in [6.07, 6.45) is 0.127. The highest BCUT2D eigenvalue weighted by molar-refractivity contribution is 7.71. The Bertz CT molecular complexity index is 1070. The fourth-order valence-corrected chi connectivity index (χ4v) is 3.08. The summed E-state index contributed by atoms with van der Waals surface area (Å²) in [5.74, 6) is -0.485. The first-order chi connectivity index (χ1) is 12.5. The molecule has 26 heavy (non-hydrogen) atoms. The van der Waals surface area contributed by atoms with Gasteiger partial charge in [-0.25, -0.2) is 4.39 Å². The molecule has 134 valence electrons. The van der Waals surface area contributed by atoms with Crippen molar-refractivity contribution < 1.29 is 9.18 Å². The predicted molar refractivity (Wildman–Crippen MR) is 101 cm³/mol. The van der Waals surface area contributed by atoms with Crippen LogP contribution >= 0.6 is 12.2 Å². The van der Waals surface area contributed by atoms with E-state index in [4.69, 9.17) is 12.2 Å². The van der Waals surface area contributed by atoms with Gasteiger partial charge < -0.3 is 9.88 Å². The average Bonchev–Trinajstić information content (AvgIpc) is 2.61. The van der Waals surface area contributed by atoms with Crippen LogP contribution in [0.5, 0.6) is 0 Å². The number of fused-ring (bicyclic) bond motifs is 1. The molecule has 7 heteroatoms. The largest absolute Gasteiger partial charge is 0.341 e. The Morgan fingerprint density at radius 1 is 1.23 bits per heavy atom. The third-order valence-electron chi connectivity index (χ3n) is 4.17. The fraction of sp³-hybridized carbons (Fsp3) is 0.211. The minimum Gasteiger partial charge on any atom is -0.341 e. The van der Waals surface area contributed by atoms with Gasteiger partial charge in [0.1, 0.15) is 5.82 Å². The molecule has 0 saturated heterocycles. The molecule has 1 aromatic heterocycles. The summed E-state index contributed by atoms with van der Waals surface area (Å²) in [7, 11) is 1.65. The zero-order valence-corrected chi connectivity index (χ0v) is 15.1. The molecule has 2 aromatic carbocycles. The number of nitrogens with zero attached hydrogens (tertiary/aromatic N) is 2. The normalized spacial score (nSPS) is 10.8. The molecule has 5 nitrogen and oxygen atoms in total. The first kappa shape index (κ1) is 18.0. The van der Waals surface area contributed by atoms with Crippen LogP contribution in [0.3, 0.4) is 0 Å². The molecule has 1 N–H and O–H groups in total. The first-order valence-corrected chi connectivity index (χ1v) is 8.57. The van der Waals surface area contributed by atoms with Crippen LogP contribution in [0.25, 0.3) is 10.9 Å². The smallest absolute Gasteiger partial charge is 0.262 e. The van der Waals surface area contributed by atoms with E-state index in [0.717, 1.165) is 0 Å². The van der Waals surface area contributed by atoms with Crippen LogP contribution in [0.4, 0.5) is 4.39 Å². The Balaban J connectivity index is 1.72. The molecule has 0 bridgehead atoms. The van der Waals surface area contributed by atoms with Crippen molar-refractivity contribution in [3.05, 3.63) is 75.0 Å². The maximum Gasteiger partial charge on any atom is 0.262 e. The lowest BCUT2D eigenvalue weighted by Crippen LogP contribution is -2.29. The number of carbonyl (C=O) groups excluding carboxylic acids is 1. The Morgan fingerprint density at radius 3 is 2.77 bits per heavy atom. The van der Waals surface area contributed by atoms with E-state index in [1.54, 1.807) is 37.4 Å². The molecule has 0 fully saturated rings. The topological polar surface area (TPSA) is 58.1 Å². The highest BCUT2D eigenvalue weighted by Crippen LogP contribution is 2.09. The van der Waals surface area contributed by atoms with E-state index in [9.17, 15) is 14.0 Å². The molecule has 0 spiro atoms. The van der Waals surface area contributed by atoms with Crippen LogP contribution in [0.15, 0.2) is 53.3 Å². The number of carbonyl (C=O) groups is 1. The number of aromatic nitrogens is 2. The third-order valence-corrected chi connectivity index (χ3v) is 4.50. The number of rotatable bonds is 5. The average molecular weight is 371 g/mol. The van der Waals surface area contributed by atoms with Crippen molar-refractivity contribution in [1.82, 2.24) is 14.5 Å². The minimum atomic E-state index is -0.336. The van der Waals surface area contributed by atoms with E-state index in [2.05, 4.69) is 4.98 Å². The van der Waals surface area contributed by atoms with Gasteiger partial charge in [0.2, 0.25) is 5.91 Å². The predicted octanol–water partition coefficient (Wildman–Crippen LogP) is 3.25. The Kier molecular flexibility index (Phi) is 5.27. The molecule has 3 rings (SSSR count). The van der Waals surface area contributed by atoms with Crippen LogP contribution in [0.2, 0.25) is 0 Å². The molecule has 3 aromatic rings. The van der Waals surface area contributed by atoms with Crippen molar-refractivity contribution in [2.45, 2.75) is 19.5 Å². The number of benzene rings is 2. The summed E-state index contributed by atoms with van der Waals surface area (Å²) in [5, 5.41) is 0.529. The second-order valence-corrected chi connectivity index (χ2v) is 6.45. The lowest BCUT2D eigenvalue weighted by atomic mass is 10.2. The third kappa shape index (κ3) is 3.88. The van der Waals surface area contributed by atoms with Gasteiger partial charge in [0.25, 0.3) is 5.56 Å². The quantitative estimate of drug-likeness (QED) is 0.701. The maximum atomic E-state index is 13.2. The number of hydrogen-bond donors (Lipinski definition) is 1. The zero-order valence-electron chi connectivity index (χ0n) is 14.2. The van der Waals surface area contributed by atoms with Gasteiger partial charge in [-0.05, 0) is 42.0 Å². The van der Waals surface area contributed by atoms with E-state index in [1.165, 1.54) is 21.6 Å². The summed E-state index contributed by atoms with van der Waals surface area (Å²) in [5.41, 5.74) is 1.17. The Labute approximate surface area is 154 Å². The summed E-state index contributed by atoms with van der Waals surface area (Å²) in [6, 6.07) is 13.2. The van der Waals surface area contributed by atoms with Crippen LogP contribution < -0.4 is 5.56 Å². The second-order valence-electron chi connectivity index (χ2n) is 6.06. The molecule has 1 heterocycles. The molecular weight excluding hydrogens is 353 g/mol. The van der Waals surface area contributed by atoms with Gasteiger partial charge in [-0.3, -0.25) is 14.2 Å². The lowest BCUT2D eigenvalue weighted by Gasteiger charge is -2.18. The van der Waals surface area contributed by atoms with Gasteiger partial charge in [0.05, 0.1) is 10.9 Å². The van der Waals surface area contributed by atoms with Gasteiger partial charge >= 0.3 is 0 Å². The van der Waals surface area contributed by atoms with E-state index < -0.39 is 0 Å². The van der Waals surface area contributed by atoms with Gasteiger partial charge in [0.15, 0.2) is 4.77 Å². The second kappa shape index (κ2) is 7.61. The van der Waals surface area contributed by atoms with Crippen LogP contribution in [0, 0.1) is 10.6 Å². The lowest BCUT2D eigenvalue weighted by molar-refractivity contribution is -0.130. The summed E-state index contributed by atoms with van der Waals surface area (Å²) in [6.45, 7) is 0.487. The van der Waals surface area contributed by atoms with Gasteiger partial charge in [-0.1, -0.05) is 24.3 Å². The van der Waals surface area contributed by atoms with E-state index >= 15 is 0 Å². The van der Waals surface area contributed by atoms with Gasteiger partial charge in [0, 0.05) is 26.6 Å². The number of para-hydroxylation sites is 1. The van der Waals surface area contributed by atoms with Gasteiger partial charge in [-0.15, -0.1) is 0 Å². The van der Waals surface area contributed by atoms with E-state index in [0.29, 0.717) is 23.0 Å². The van der Waals surface area contributed by atoms with Crippen LogP contribution in [-0.4, -0.2) is 27.4 Å². The monoisotopic (exact) mass is 371 g/mol. The first-order valence-electron chi connectivity index (χ1n) is 8.16. The molecule has 0 unspecified atom stereocenters. The number of nitrogens with one attached hydrogen (secondary N) is 1. The minimum absolute atomic E-state index is 0.127. The number of halogens is 1. The number of H-pyrrole nitrogens is 1. The molecule has 0 aliphatic rings. The van der Waals surface area contributed by atoms with Crippen LogP contribution in [-0.2, 0) is 17.9 Å². The molecular formula is C19H18FN3O2S. The fourth-order valence-electron chi connectivity index (χ4n) is 2.80. The number of aromatic amines is 1. The maximum absolute atomic E-state index is 13.2. The molecule has 0 atom stereocenters. The molecule has 0 aliphatic carbocycles. The highest BCUT2D eigenvalue weighted by atomic mass is 32.1. The number of hydrogen-bond acceptors (Lipinski definition) is 3. The molecule has 0 radical (unpaired) electrons. The van der Waals surface area contributed by atoms with Crippen molar-refractivity contribution >= 4 is 29.0 Å². The SMILES string of the molecule is CN(Cc1cccc(F)c1)C(=O)CCn1c(=S)[nH]c2ccccc2c1=O. The summed E-state index contributed by atoms with van der Waals surface area (Å²) in [4.78, 5) is 29.5. The summed E-state index contributed by atoms with van der Waals surface area (Å²) < 4.78 is 14.9. The Morgan fingerprint density at radius 2 is 2.00 bits per heavy atom. The van der Waals surface area contributed by atoms with Gasteiger partial charge in [-0.2, -0.15) is 0 Å². The number of amides is 1.